The summed E-state index contributed by atoms with van der Waals surface area (Å²) in [5.74, 6) is 0.0770. The number of ether oxygens (including phenoxy) is 1. The van der Waals surface area contributed by atoms with Gasteiger partial charge in [-0.3, -0.25) is 9.69 Å². The standard InChI is InChI=1S/C21H25NO2.ClH/c1-21(2,16-22-12-14-24-15-13-22)19-10-8-18(9-11-19)20(23)17-6-4-3-5-7-17;/h3-11H,12-16H2,1-2H3;1H. The summed E-state index contributed by atoms with van der Waals surface area (Å²) in [7, 11) is 0. The minimum absolute atomic E-state index is 0. The van der Waals surface area contributed by atoms with Crippen LogP contribution in [0, 0.1) is 0 Å². The molecule has 0 bridgehead atoms. The lowest BCUT2D eigenvalue weighted by Crippen LogP contribution is -2.43. The van der Waals surface area contributed by atoms with Gasteiger partial charge in [-0.25, -0.2) is 0 Å². The van der Waals surface area contributed by atoms with Gasteiger partial charge in [-0.05, 0) is 5.56 Å². The monoisotopic (exact) mass is 359 g/mol. The molecule has 3 rings (SSSR count). The van der Waals surface area contributed by atoms with Crippen molar-refractivity contribution < 1.29 is 9.53 Å². The molecule has 134 valence electrons. The Balaban J connectivity index is 0.00000225. The number of ketones is 1. The van der Waals surface area contributed by atoms with Crippen molar-refractivity contribution in [3.05, 3.63) is 71.3 Å². The second-order valence-corrected chi connectivity index (χ2v) is 7.04. The molecule has 0 radical (unpaired) electrons. The first-order valence-corrected chi connectivity index (χ1v) is 8.57. The van der Waals surface area contributed by atoms with Crippen LogP contribution in [0.25, 0.3) is 0 Å². The van der Waals surface area contributed by atoms with Crippen LogP contribution in [-0.4, -0.2) is 43.5 Å². The molecule has 1 fully saturated rings. The highest BCUT2D eigenvalue weighted by Gasteiger charge is 2.25. The molecule has 1 aliphatic rings. The van der Waals surface area contributed by atoms with Gasteiger partial charge in [-0.2, -0.15) is 0 Å². The average Bonchev–Trinajstić information content (AvgIpc) is 2.62. The summed E-state index contributed by atoms with van der Waals surface area (Å²) < 4.78 is 5.42. The van der Waals surface area contributed by atoms with Crippen molar-refractivity contribution in [2.24, 2.45) is 0 Å². The first kappa shape index (κ1) is 19.6. The zero-order valence-corrected chi connectivity index (χ0v) is 15.7. The highest BCUT2D eigenvalue weighted by Crippen LogP contribution is 2.25. The second-order valence-electron chi connectivity index (χ2n) is 7.04. The SMILES string of the molecule is CC(C)(CN1CCOCC1)c1ccc(C(=O)c2ccccc2)cc1.Cl. The quantitative estimate of drug-likeness (QED) is 0.757. The number of benzene rings is 2. The van der Waals surface area contributed by atoms with E-state index in [1.54, 1.807) is 0 Å². The predicted molar refractivity (Wildman–Crippen MR) is 104 cm³/mol. The Morgan fingerprint density at radius 1 is 0.960 bits per heavy atom. The van der Waals surface area contributed by atoms with Crippen molar-refractivity contribution in [2.75, 3.05) is 32.8 Å². The number of carbonyl (C=O) groups excluding carboxylic acids is 1. The van der Waals surface area contributed by atoms with E-state index in [1.807, 2.05) is 42.5 Å². The van der Waals surface area contributed by atoms with E-state index in [9.17, 15) is 4.79 Å². The third-order valence-electron chi connectivity index (χ3n) is 4.69. The lowest BCUT2D eigenvalue weighted by Gasteiger charge is -2.35. The molecule has 4 heteroatoms. The third kappa shape index (κ3) is 4.91. The van der Waals surface area contributed by atoms with E-state index in [0.29, 0.717) is 0 Å². The van der Waals surface area contributed by atoms with E-state index in [2.05, 4.69) is 30.9 Å². The Morgan fingerprint density at radius 2 is 1.52 bits per heavy atom. The second kappa shape index (κ2) is 8.61. The fourth-order valence-electron chi connectivity index (χ4n) is 3.24. The molecule has 0 saturated carbocycles. The van der Waals surface area contributed by atoms with Gasteiger partial charge in [-0.15, -0.1) is 12.4 Å². The molecule has 3 nitrogen and oxygen atoms in total. The lowest BCUT2D eigenvalue weighted by molar-refractivity contribution is 0.0295. The number of morpholine rings is 1. The fourth-order valence-corrected chi connectivity index (χ4v) is 3.24. The molecule has 0 spiro atoms. The van der Waals surface area contributed by atoms with Gasteiger partial charge in [0.15, 0.2) is 5.78 Å². The maximum atomic E-state index is 12.5. The maximum Gasteiger partial charge on any atom is 0.193 e. The molecular weight excluding hydrogens is 334 g/mol. The summed E-state index contributed by atoms with van der Waals surface area (Å²) in [6.07, 6.45) is 0. The van der Waals surface area contributed by atoms with E-state index in [-0.39, 0.29) is 23.6 Å². The van der Waals surface area contributed by atoms with Gasteiger partial charge in [0.1, 0.15) is 0 Å². The molecule has 2 aromatic carbocycles. The van der Waals surface area contributed by atoms with Gasteiger partial charge < -0.3 is 4.74 Å². The van der Waals surface area contributed by atoms with E-state index in [0.717, 1.165) is 44.0 Å². The molecule has 0 N–H and O–H groups in total. The van der Waals surface area contributed by atoms with Crippen LogP contribution < -0.4 is 0 Å². The van der Waals surface area contributed by atoms with E-state index in [4.69, 9.17) is 4.74 Å². The Bertz CT molecular complexity index is 677. The molecule has 2 aromatic rings. The van der Waals surface area contributed by atoms with Crippen LogP contribution in [0.4, 0.5) is 0 Å². The summed E-state index contributed by atoms with van der Waals surface area (Å²) in [6, 6.07) is 17.5. The third-order valence-corrected chi connectivity index (χ3v) is 4.69. The first-order valence-electron chi connectivity index (χ1n) is 8.57. The van der Waals surface area contributed by atoms with Crippen LogP contribution >= 0.6 is 12.4 Å². The summed E-state index contributed by atoms with van der Waals surface area (Å²) in [6.45, 7) is 9.15. The van der Waals surface area contributed by atoms with Gasteiger partial charge in [0.25, 0.3) is 0 Å². The van der Waals surface area contributed by atoms with Crippen LogP contribution in [0.2, 0.25) is 0 Å². The number of carbonyl (C=O) groups is 1. The summed E-state index contributed by atoms with van der Waals surface area (Å²) in [4.78, 5) is 15.0. The largest absolute Gasteiger partial charge is 0.379 e. The van der Waals surface area contributed by atoms with Gasteiger partial charge in [0, 0.05) is 36.2 Å². The smallest absolute Gasteiger partial charge is 0.193 e. The molecule has 0 unspecified atom stereocenters. The van der Waals surface area contributed by atoms with Crippen molar-refractivity contribution >= 4 is 18.2 Å². The Labute approximate surface area is 156 Å². The van der Waals surface area contributed by atoms with E-state index >= 15 is 0 Å². The van der Waals surface area contributed by atoms with Crippen LogP contribution in [0.15, 0.2) is 54.6 Å². The minimum atomic E-state index is 0. The molecule has 0 atom stereocenters. The van der Waals surface area contributed by atoms with Crippen molar-refractivity contribution in [1.29, 1.82) is 0 Å². The van der Waals surface area contributed by atoms with Crippen molar-refractivity contribution in [1.82, 2.24) is 4.90 Å². The molecule has 1 aliphatic heterocycles. The van der Waals surface area contributed by atoms with Crippen LogP contribution in [-0.2, 0) is 10.2 Å². The molecule has 0 amide bonds. The van der Waals surface area contributed by atoms with Gasteiger partial charge in [0.05, 0.1) is 13.2 Å². The van der Waals surface area contributed by atoms with Crippen LogP contribution in [0.5, 0.6) is 0 Å². The van der Waals surface area contributed by atoms with Crippen molar-refractivity contribution in [2.45, 2.75) is 19.3 Å². The lowest BCUT2D eigenvalue weighted by atomic mass is 9.83. The van der Waals surface area contributed by atoms with Crippen LogP contribution in [0.3, 0.4) is 0 Å². The Kier molecular flexibility index (Phi) is 6.77. The first-order chi connectivity index (χ1) is 11.6. The van der Waals surface area contributed by atoms with Gasteiger partial charge in [0.2, 0.25) is 0 Å². The zero-order chi connectivity index (χ0) is 17.0. The summed E-state index contributed by atoms with van der Waals surface area (Å²) in [5.41, 5.74) is 2.79. The van der Waals surface area contributed by atoms with E-state index < -0.39 is 0 Å². The molecule has 0 aliphatic carbocycles. The maximum absolute atomic E-state index is 12.5. The van der Waals surface area contributed by atoms with Gasteiger partial charge in [-0.1, -0.05) is 68.4 Å². The fraction of sp³-hybridized carbons (Fsp3) is 0.381. The number of nitrogens with zero attached hydrogens (tertiary/aromatic N) is 1. The highest BCUT2D eigenvalue weighted by molar-refractivity contribution is 6.08. The highest BCUT2D eigenvalue weighted by atomic mass is 35.5. The summed E-state index contributed by atoms with van der Waals surface area (Å²) >= 11 is 0. The molecular formula is C21H26ClNO2. The Morgan fingerprint density at radius 3 is 2.12 bits per heavy atom. The number of hydrogen-bond donors (Lipinski definition) is 0. The molecule has 25 heavy (non-hydrogen) atoms. The topological polar surface area (TPSA) is 29.5 Å². The minimum Gasteiger partial charge on any atom is -0.379 e. The van der Waals surface area contributed by atoms with Crippen molar-refractivity contribution in [3.8, 4) is 0 Å². The number of rotatable bonds is 5. The number of halogens is 1. The predicted octanol–water partition coefficient (Wildman–Crippen LogP) is 3.95. The molecule has 1 saturated heterocycles. The van der Waals surface area contributed by atoms with E-state index in [1.165, 1.54) is 5.56 Å². The van der Waals surface area contributed by atoms with Crippen LogP contribution in [0.1, 0.15) is 35.3 Å². The normalized spacial score (nSPS) is 15.4. The molecule has 1 heterocycles. The van der Waals surface area contributed by atoms with Gasteiger partial charge >= 0.3 is 0 Å². The van der Waals surface area contributed by atoms with Crippen molar-refractivity contribution in [3.63, 3.8) is 0 Å². The number of hydrogen-bond acceptors (Lipinski definition) is 3. The molecule has 0 aromatic heterocycles. The Hall–Kier alpha value is -1.68. The summed E-state index contributed by atoms with van der Waals surface area (Å²) in [5, 5.41) is 0. The average molecular weight is 360 g/mol. The zero-order valence-electron chi connectivity index (χ0n) is 14.9.